The fourth-order valence-electron chi connectivity index (χ4n) is 3.80. The van der Waals surface area contributed by atoms with Gasteiger partial charge in [-0.05, 0) is 42.7 Å². The zero-order valence-electron chi connectivity index (χ0n) is 17.2. The quantitative estimate of drug-likeness (QED) is 0.453. The Morgan fingerprint density at radius 1 is 1.25 bits per heavy atom. The Morgan fingerprint density at radius 3 is 2.81 bits per heavy atom. The van der Waals surface area contributed by atoms with Crippen LogP contribution >= 0.6 is 11.6 Å². The average molecular weight is 449 g/mol. The molecule has 1 aliphatic rings. The lowest BCUT2D eigenvalue weighted by molar-refractivity contribution is 0.0859. The van der Waals surface area contributed by atoms with Crippen molar-refractivity contribution in [2.24, 2.45) is 5.10 Å². The van der Waals surface area contributed by atoms with Crippen LogP contribution in [0.4, 0.5) is 5.82 Å². The summed E-state index contributed by atoms with van der Waals surface area (Å²) < 4.78 is 7.04. The van der Waals surface area contributed by atoms with Crippen molar-refractivity contribution in [1.82, 2.24) is 20.0 Å². The molecule has 1 aliphatic heterocycles. The molecule has 1 amide bonds. The maximum atomic E-state index is 13.1. The summed E-state index contributed by atoms with van der Waals surface area (Å²) in [6.45, 7) is 1.13. The van der Waals surface area contributed by atoms with Crippen LogP contribution in [0, 0.1) is 0 Å². The lowest BCUT2D eigenvalue weighted by Gasteiger charge is -2.10. The van der Waals surface area contributed by atoms with E-state index in [2.05, 4.69) is 20.4 Å². The van der Waals surface area contributed by atoms with Crippen molar-refractivity contribution in [3.05, 3.63) is 64.7 Å². The van der Waals surface area contributed by atoms with Crippen molar-refractivity contribution < 1.29 is 9.53 Å². The molecule has 1 saturated heterocycles. The molecule has 162 valence electrons. The monoisotopic (exact) mass is 448 g/mol. The maximum Gasteiger partial charge on any atom is 0.257 e. The number of amides is 1. The van der Waals surface area contributed by atoms with Crippen molar-refractivity contribution >= 4 is 51.7 Å². The van der Waals surface area contributed by atoms with E-state index in [0.717, 1.165) is 25.0 Å². The first kappa shape index (κ1) is 20.4. The normalized spacial score (nSPS) is 16.3. The molecule has 9 heteroatoms. The van der Waals surface area contributed by atoms with E-state index in [1.807, 2.05) is 36.4 Å². The van der Waals surface area contributed by atoms with Crippen molar-refractivity contribution in [2.45, 2.75) is 18.9 Å². The Morgan fingerprint density at radius 2 is 2.06 bits per heavy atom. The number of halogens is 1. The third kappa shape index (κ3) is 3.90. The van der Waals surface area contributed by atoms with E-state index in [-0.39, 0.29) is 23.4 Å². The smallest absolute Gasteiger partial charge is 0.257 e. The first-order valence-electron chi connectivity index (χ1n) is 10.4. The lowest BCUT2D eigenvalue weighted by atomic mass is 10.2. The number of carbonyl (C=O) groups excluding carboxylic acids is 1. The van der Waals surface area contributed by atoms with Gasteiger partial charge < -0.3 is 15.8 Å². The number of nitrogen functional groups attached to an aromatic ring is 1. The second kappa shape index (κ2) is 8.57. The topological polar surface area (TPSA) is 107 Å². The van der Waals surface area contributed by atoms with Gasteiger partial charge in [0.25, 0.3) is 5.91 Å². The molecule has 1 fully saturated rings. The van der Waals surface area contributed by atoms with E-state index in [4.69, 9.17) is 22.1 Å². The first-order chi connectivity index (χ1) is 15.6. The summed E-state index contributed by atoms with van der Waals surface area (Å²) in [5.41, 5.74) is 9.60. The molecule has 0 bridgehead atoms. The van der Waals surface area contributed by atoms with Crippen molar-refractivity contribution in [1.29, 1.82) is 0 Å². The predicted molar refractivity (Wildman–Crippen MR) is 125 cm³/mol. The van der Waals surface area contributed by atoms with Gasteiger partial charge in [-0.15, -0.1) is 0 Å². The number of fused-ring (bicyclic) bond motifs is 2. The zero-order valence-corrected chi connectivity index (χ0v) is 17.9. The molecule has 0 unspecified atom stereocenters. The number of nitrogens with zero attached hydrogens (tertiary/aromatic N) is 4. The van der Waals surface area contributed by atoms with Gasteiger partial charge in [0, 0.05) is 18.2 Å². The summed E-state index contributed by atoms with van der Waals surface area (Å²) in [5.74, 6) is -0.164. The molecule has 0 radical (unpaired) electrons. The number of nitrogens with one attached hydrogen (secondary N) is 1. The van der Waals surface area contributed by atoms with Crippen LogP contribution in [-0.2, 0) is 4.74 Å². The largest absolute Gasteiger partial charge is 0.383 e. The highest BCUT2D eigenvalue weighted by Gasteiger charge is 2.25. The molecule has 2 aromatic carbocycles. The highest BCUT2D eigenvalue weighted by Crippen LogP contribution is 2.28. The number of carbonyl (C=O) groups is 1. The highest BCUT2D eigenvalue weighted by molar-refractivity contribution is 6.30. The number of hydrogen-bond acceptors (Lipinski definition) is 6. The molecule has 4 aromatic rings. The van der Waals surface area contributed by atoms with Crippen LogP contribution in [-0.4, -0.2) is 46.0 Å². The molecule has 1 atom stereocenters. The zero-order chi connectivity index (χ0) is 22.1. The van der Waals surface area contributed by atoms with Gasteiger partial charge in [-0.1, -0.05) is 35.9 Å². The SMILES string of the molecule is Nc1c(C(=O)NC[C@@H]2CCCO2)c2nc3ccccc3nc2n1/N=C\c1cccc(Cl)c1. The molecule has 0 saturated carbocycles. The molecule has 2 aromatic heterocycles. The second-order valence-electron chi connectivity index (χ2n) is 7.60. The number of benzene rings is 2. The average Bonchev–Trinajstić information content (AvgIpc) is 3.40. The van der Waals surface area contributed by atoms with Gasteiger partial charge in [0.05, 0.1) is 23.4 Å². The lowest BCUT2D eigenvalue weighted by Crippen LogP contribution is -2.32. The van der Waals surface area contributed by atoms with E-state index in [1.165, 1.54) is 4.68 Å². The van der Waals surface area contributed by atoms with Crippen LogP contribution in [0.1, 0.15) is 28.8 Å². The maximum absolute atomic E-state index is 13.1. The van der Waals surface area contributed by atoms with Crippen LogP contribution in [0.25, 0.3) is 22.2 Å². The summed E-state index contributed by atoms with van der Waals surface area (Å²) >= 11 is 6.07. The van der Waals surface area contributed by atoms with Gasteiger partial charge in [-0.25, -0.2) is 9.97 Å². The van der Waals surface area contributed by atoms with E-state index in [1.54, 1.807) is 18.3 Å². The van der Waals surface area contributed by atoms with Gasteiger partial charge in [0.1, 0.15) is 16.9 Å². The molecule has 0 aliphatic carbocycles. The van der Waals surface area contributed by atoms with Gasteiger partial charge in [-0.2, -0.15) is 9.78 Å². The number of hydrogen-bond donors (Lipinski definition) is 2. The van der Waals surface area contributed by atoms with Crippen LogP contribution in [0.3, 0.4) is 0 Å². The fourth-order valence-corrected chi connectivity index (χ4v) is 4.00. The molecule has 5 rings (SSSR count). The first-order valence-corrected chi connectivity index (χ1v) is 10.7. The van der Waals surface area contributed by atoms with E-state index in [9.17, 15) is 4.79 Å². The van der Waals surface area contributed by atoms with E-state index < -0.39 is 0 Å². The predicted octanol–water partition coefficient (Wildman–Crippen LogP) is 3.61. The Hall–Kier alpha value is -3.49. The number of rotatable bonds is 5. The van der Waals surface area contributed by atoms with Gasteiger partial charge >= 0.3 is 0 Å². The Kier molecular flexibility index (Phi) is 5.46. The summed E-state index contributed by atoms with van der Waals surface area (Å²) in [6.07, 6.45) is 3.55. The highest BCUT2D eigenvalue weighted by atomic mass is 35.5. The minimum Gasteiger partial charge on any atom is -0.383 e. The van der Waals surface area contributed by atoms with Crippen molar-refractivity contribution in [3.63, 3.8) is 0 Å². The third-order valence-corrected chi connectivity index (χ3v) is 5.62. The van der Waals surface area contributed by atoms with Crippen LogP contribution in [0.15, 0.2) is 53.6 Å². The van der Waals surface area contributed by atoms with Crippen LogP contribution in [0.2, 0.25) is 5.02 Å². The Bertz CT molecular complexity index is 1340. The Balaban J connectivity index is 1.59. The number of ether oxygens (including phenoxy) is 1. The number of anilines is 1. The van der Waals surface area contributed by atoms with Gasteiger partial charge in [0.2, 0.25) is 0 Å². The molecule has 0 spiro atoms. The molecular weight excluding hydrogens is 428 g/mol. The minimum absolute atomic E-state index is 0.0151. The standard InChI is InChI=1S/C23H21ClN6O2/c24-15-6-3-5-14(11-15)12-27-30-21(25)19(23(31)26-13-16-7-4-10-32-16)20-22(30)29-18-9-2-1-8-17(18)28-20/h1-3,5-6,8-9,11-12,16H,4,7,10,13,25H2,(H,26,31)/b27-12-/t16-/m0/s1. The minimum atomic E-state index is -0.329. The van der Waals surface area contributed by atoms with Crippen molar-refractivity contribution in [3.8, 4) is 0 Å². The number of nitrogens with two attached hydrogens (primary N) is 1. The van der Waals surface area contributed by atoms with E-state index in [0.29, 0.717) is 33.8 Å². The van der Waals surface area contributed by atoms with Gasteiger partial charge in [0.15, 0.2) is 5.65 Å². The number of para-hydroxylation sites is 2. The summed E-state index contributed by atoms with van der Waals surface area (Å²) in [7, 11) is 0. The third-order valence-electron chi connectivity index (χ3n) is 5.39. The number of aromatic nitrogens is 3. The van der Waals surface area contributed by atoms with Crippen molar-refractivity contribution in [2.75, 3.05) is 18.9 Å². The molecule has 3 heterocycles. The fraction of sp³-hybridized carbons (Fsp3) is 0.217. The summed E-state index contributed by atoms with van der Waals surface area (Å²) in [5, 5.41) is 8.01. The summed E-state index contributed by atoms with van der Waals surface area (Å²) in [6, 6.07) is 14.7. The summed E-state index contributed by atoms with van der Waals surface area (Å²) in [4.78, 5) is 22.5. The van der Waals surface area contributed by atoms with Crippen LogP contribution in [0.5, 0.6) is 0 Å². The molecule has 3 N–H and O–H groups in total. The molecule has 8 nitrogen and oxygen atoms in total. The molecule has 32 heavy (non-hydrogen) atoms. The van der Waals surface area contributed by atoms with E-state index >= 15 is 0 Å². The van der Waals surface area contributed by atoms with Gasteiger partial charge in [-0.3, -0.25) is 4.79 Å². The Labute approximate surface area is 189 Å². The second-order valence-corrected chi connectivity index (χ2v) is 8.04. The van der Waals surface area contributed by atoms with Crippen LogP contribution < -0.4 is 11.1 Å². The molecular formula is C23H21ClN6O2.